The lowest BCUT2D eigenvalue weighted by Gasteiger charge is -2.53. The number of carboxylic acids is 1. The molecule has 1 fully saturated rings. The minimum atomic E-state index is -1.38. The van der Waals surface area contributed by atoms with E-state index in [-0.39, 0.29) is 5.41 Å². The third-order valence-corrected chi connectivity index (χ3v) is 7.63. The first-order valence-electron chi connectivity index (χ1n) is 9.68. The average molecular weight is 376 g/mol. The summed E-state index contributed by atoms with van der Waals surface area (Å²) in [5.74, 6) is 0.589. The van der Waals surface area contributed by atoms with Gasteiger partial charge in [-0.25, -0.2) is 4.79 Å². The second-order valence-corrected chi connectivity index (χ2v) is 8.95. The Bertz CT molecular complexity index is 1060. The lowest BCUT2D eigenvalue weighted by atomic mass is 9.52. The van der Waals surface area contributed by atoms with E-state index in [2.05, 4.69) is 26.0 Å². The molecule has 4 atom stereocenters. The first-order chi connectivity index (χ1) is 13.2. The van der Waals surface area contributed by atoms with Gasteiger partial charge in [0.05, 0.1) is 5.41 Å². The average Bonchev–Trinajstić information content (AvgIpc) is 2.99. The minimum absolute atomic E-state index is 0.107. The van der Waals surface area contributed by atoms with Crippen molar-refractivity contribution in [3.05, 3.63) is 71.3 Å². The zero-order valence-electron chi connectivity index (χ0n) is 16.6. The van der Waals surface area contributed by atoms with E-state index in [1.165, 1.54) is 5.56 Å². The molecule has 2 heterocycles. The van der Waals surface area contributed by atoms with Gasteiger partial charge in [0.1, 0.15) is 17.1 Å². The highest BCUT2D eigenvalue weighted by Gasteiger charge is 2.66. The zero-order chi connectivity index (χ0) is 19.9. The van der Waals surface area contributed by atoms with Gasteiger partial charge in [-0.3, -0.25) is 0 Å². The van der Waals surface area contributed by atoms with Crippen molar-refractivity contribution in [1.29, 1.82) is 0 Å². The molecule has 1 saturated carbocycles. The Labute approximate surface area is 164 Å². The summed E-state index contributed by atoms with van der Waals surface area (Å²) in [6, 6.07) is 15.8. The molecule has 0 bridgehead atoms. The molecule has 3 aliphatic rings. The predicted octanol–water partition coefficient (Wildman–Crippen LogP) is 4.62. The smallest absolute Gasteiger partial charge is 0.349 e. The molecular weight excluding hydrogens is 352 g/mol. The van der Waals surface area contributed by atoms with Gasteiger partial charge in [0.25, 0.3) is 0 Å². The maximum Gasteiger partial charge on any atom is 0.349 e. The van der Waals surface area contributed by atoms with Crippen LogP contribution in [0.25, 0.3) is 0 Å². The van der Waals surface area contributed by atoms with Crippen LogP contribution >= 0.6 is 0 Å². The number of ether oxygens (including phenoxy) is 2. The van der Waals surface area contributed by atoms with Crippen LogP contribution in [-0.4, -0.2) is 22.3 Å². The summed E-state index contributed by atoms with van der Waals surface area (Å²) in [5.41, 5.74) is 0.497. The summed E-state index contributed by atoms with van der Waals surface area (Å²) in [6.45, 7) is 7.97. The van der Waals surface area contributed by atoms with Crippen molar-refractivity contribution in [2.45, 2.75) is 56.1 Å². The first kappa shape index (κ1) is 17.4. The Morgan fingerprint density at radius 1 is 0.929 bits per heavy atom. The Morgan fingerprint density at radius 2 is 1.50 bits per heavy atom. The van der Waals surface area contributed by atoms with Crippen molar-refractivity contribution < 1.29 is 19.4 Å². The number of benzene rings is 2. The molecule has 4 heteroatoms. The minimum Gasteiger partial charge on any atom is -0.482 e. The van der Waals surface area contributed by atoms with E-state index in [9.17, 15) is 9.90 Å². The van der Waals surface area contributed by atoms with Crippen molar-refractivity contribution in [3.63, 3.8) is 0 Å². The highest BCUT2D eigenvalue weighted by Crippen LogP contribution is 2.65. The summed E-state index contributed by atoms with van der Waals surface area (Å²) in [6.07, 6.45) is 2.94. The summed E-state index contributed by atoms with van der Waals surface area (Å²) in [7, 11) is 0. The number of fused-ring (bicyclic) bond motifs is 4. The van der Waals surface area contributed by atoms with E-state index in [4.69, 9.17) is 9.47 Å². The topological polar surface area (TPSA) is 55.8 Å². The molecule has 4 nitrogen and oxygen atoms in total. The van der Waals surface area contributed by atoms with Crippen LogP contribution in [0.15, 0.2) is 60.2 Å². The third-order valence-electron chi connectivity index (χ3n) is 7.63. The van der Waals surface area contributed by atoms with Crippen molar-refractivity contribution in [2.75, 3.05) is 0 Å². The Kier molecular flexibility index (Phi) is 3.09. The number of hydrogen-bond acceptors (Lipinski definition) is 3. The van der Waals surface area contributed by atoms with E-state index in [0.29, 0.717) is 5.75 Å². The quantitative estimate of drug-likeness (QED) is 0.777. The third kappa shape index (κ3) is 1.74. The van der Waals surface area contributed by atoms with Crippen LogP contribution in [0, 0.1) is 0 Å². The van der Waals surface area contributed by atoms with Crippen LogP contribution in [0.5, 0.6) is 11.5 Å². The fourth-order valence-corrected chi connectivity index (χ4v) is 5.31. The number of aliphatic carboxylic acids is 1. The summed E-state index contributed by atoms with van der Waals surface area (Å²) in [5, 5.41) is 10.0. The molecule has 5 rings (SSSR count). The first-order valence-corrected chi connectivity index (χ1v) is 9.68. The van der Waals surface area contributed by atoms with E-state index >= 15 is 0 Å². The van der Waals surface area contributed by atoms with Crippen molar-refractivity contribution in [1.82, 2.24) is 0 Å². The molecule has 0 amide bonds. The summed E-state index contributed by atoms with van der Waals surface area (Å²) >= 11 is 0. The van der Waals surface area contributed by atoms with Crippen LogP contribution in [0.3, 0.4) is 0 Å². The van der Waals surface area contributed by atoms with E-state index < -0.39 is 22.6 Å². The monoisotopic (exact) mass is 376 g/mol. The van der Waals surface area contributed by atoms with E-state index in [1.54, 1.807) is 6.92 Å². The van der Waals surface area contributed by atoms with Crippen molar-refractivity contribution in [3.8, 4) is 11.5 Å². The Morgan fingerprint density at radius 3 is 2.14 bits per heavy atom. The van der Waals surface area contributed by atoms with Crippen LogP contribution in [-0.2, 0) is 15.6 Å². The Hall–Kier alpha value is -2.75. The predicted molar refractivity (Wildman–Crippen MR) is 106 cm³/mol. The molecule has 0 aromatic heterocycles. The SMILES string of the molecule is C[C@@]1(C(=O)O)Oc2ccccc2[C@]1(C)/C=C1/C[C@]2(C)c3ccccc3O[C@]12C. The van der Waals surface area contributed by atoms with Gasteiger partial charge in [-0.05, 0) is 44.9 Å². The van der Waals surface area contributed by atoms with Gasteiger partial charge in [-0.1, -0.05) is 49.4 Å². The highest BCUT2D eigenvalue weighted by atomic mass is 16.5. The lowest BCUT2D eigenvalue weighted by Crippen LogP contribution is -2.60. The van der Waals surface area contributed by atoms with Gasteiger partial charge in [-0.15, -0.1) is 0 Å². The molecular formula is C24H24O4. The molecule has 1 N–H and O–H groups in total. The molecule has 0 spiro atoms. The second-order valence-electron chi connectivity index (χ2n) is 8.95. The van der Waals surface area contributed by atoms with Gasteiger partial charge in [0.2, 0.25) is 5.60 Å². The van der Waals surface area contributed by atoms with Gasteiger partial charge in [0, 0.05) is 16.5 Å². The molecule has 1 aliphatic carbocycles. The number of para-hydroxylation sites is 2. The fraction of sp³-hybridized carbons (Fsp3) is 0.375. The number of rotatable bonds is 2. The molecule has 0 unspecified atom stereocenters. The van der Waals surface area contributed by atoms with Crippen LogP contribution < -0.4 is 9.47 Å². The van der Waals surface area contributed by atoms with Crippen LogP contribution in [0.4, 0.5) is 0 Å². The second kappa shape index (κ2) is 4.99. The summed E-state index contributed by atoms with van der Waals surface area (Å²) < 4.78 is 12.4. The van der Waals surface area contributed by atoms with Gasteiger partial charge in [0.15, 0.2) is 0 Å². The fourth-order valence-electron chi connectivity index (χ4n) is 5.31. The zero-order valence-corrected chi connectivity index (χ0v) is 16.6. The van der Waals surface area contributed by atoms with Gasteiger partial charge < -0.3 is 14.6 Å². The highest BCUT2D eigenvalue weighted by molar-refractivity contribution is 5.83. The van der Waals surface area contributed by atoms with Crippen LogP contribution in [0.1, 0.15) is 45.2 Å². The molecule has 0 radical (unpaired) electrons. The molecule has 144 valence electrons. The summed E-state index contributed by atoms with van der Waals surface area (Å²) in [4.78, 5) is 12.3. The molecule has 2 aromatic rings. The number of hydrogen-bond donors (Lipinski definition) is 1. The lowest BCUT2D eigenvalue weighted by molar-refractivity contribution is -0.156. The number of carboxylic acid groups (broad SMARTS) is 1. The molecule has 2 aromatic carbocycles. The van der Waals surface area contributed by atoms with Gasteiger partial charge >= 0.3 is 5.97 Å². The maximum atomic E-state index is 12.3. The van der Waals surface area contributed by atoms with E-state index in [0.717, 1.165) is 23.3 Å². The molecule has 2 aliphatic heterocycles. The maximum absolute atomic E-state index is 12.3. The standard InChI is InChI=1S/C24H24O4/c1-21-13-15(23(21,3)27-18-11-7-5-9-16(18)21)14-22(2)17-10-6-8-12-19(17)28-24(22,4)20(25)26/h5-12,14H,13H2,1-4H3,(H,25,26)/b15-14-/t21-,22+,23-,24+/m1/s1. The number of carbonyl (C=O) groups is 1. The molecule has 0 saturated heterocycles. The molecule has 28 heavy (non-hydrogen) atoms. The largest absolute Gasteiger partial charge is 0.482 e. The van der Waals surface area contributed by atoms with Crippen LogP contribution in [0.2, 0.25) is 0 Å². The Balaban J connectivity index is 1.65. The van der Waals surface area contributed by atoms with E-state index in [1.807, 2.05) is 49.4 Å². The normalized spacial score (nSPS) is 38.6. The van der Waals surface area contributed by atoms with Gasteiger partial charge in [-0.2, -0.15) is 0 Å². The van der Waals surface area contributed by atoms with Crippen molar-refractivity contribution in [2.24, 2.45) is 0 Å². The van der Waals surface area contributed by atoms with Crippen molar-refractivity contribution >= 4 is 5.97 Å².